The normalized spacial score (nSPS) is 12.4. The average Bonchev–Trinajstić information content (AvgIpc) is 2.11. The average molecular weight is 230 g/mol. The van der Waals surface area contributed by atoms with Gasteiger partial charge < -0.3 is 4.34 Å². The van der Waals surface area contributed by atoms with Crippen LogP contribution in [0, 0.1) is 0 Å². The van der Waals surface area contributed by atoms with Crippen LogP contribution in [0.4, 0.5) is 0 Å². The molecular weight excluding hydrogens is 208 g/mol. The van der Waals surface area contributed by atoms with Gasteiger partial charge in [0.25, 0.3) is 0 Å². The van der Waals surface area contributed by atoms with Crippen LogP contribution in [0.5, 0.6) is 0 Å². The minimum atomic E-state index is -0.896. The van der Waals surface area contributed by atoms with Crippen LogP contribution in [-0.4, -0.2) is 33.8 Å². The molecule has 5 heteroatoms. The van der Waals surface area contributed by atoms with Crippen molar-refractivity contribution in [2.24, 2.45) is 5.10 Å². The third kappa shape index (κ3) is 4.19. The molecule has 0 unspecified atom stereocenters. The van der Waals surface area contributed by atoms with Crippen molar-refractivity contribution in [3.05, 3.63) is 0 Å². The molecule has 0 aromatic rings. The highest BCUT2D eigenvalue weighted by Crippen LogP contribution is 2.02. The van der Waals surface area contributed by atoms with Gasteiger partial charge in [0.2, 0.25) is 0 Å². The number of Topliss-reactive ketones (excluding diaryl/α,β-unsaturated/α-hetero) is 1. The minimum absolute atomic E-state index is 0.166. The van der Waals surface area contributed by atoms with Crippen molar-refractivity contribution < 1.29 is 4.79 Å². The molecule has 0 rings (SSSR count). The molecule has 0 aliphatic rings. The predicted molar refractivity (Wildman–Crippen MR) is 68.0 cm³/mol. The van der Waals surface area contributed by atoms with E-state index in [4.69, 9.17) is 0 Å². The maximum Gasteiger partial charge on any atom is 0.178 e. The van der Waals surface area contributed by atoms with Crippen LogP contribution in [0.2, 0.25) is 26.2 Å². The molecule has 0 saturated heterocycles. The molecule has 0 aliphatic heterocycles. The summed E-state index contributed by atoms with van der Waals surface area (Å²) in [5.74, 6) is 0.166. The van der Waals surface area contributed by atoms with Crippen molar-refractivity contribution in [1.82, 2.24) is 4.34 Å². The first-order valence-electron chi connectivity index (χ1n) is 5.26. The van der Waals surface area contributed by atoms with Gasteiger partial charge >= 0.3 is 0 Å². The highest BCUT2D eigenvalue weighted by molar-refractivity contribution is 6.70. The van der Waals surface area contributed by atoms with E-state index in [-0.39, 0.29) is 5.78 Å². The third-order valence-electron chi connectivity index (χ3n) is 2.05. The smallest absolute Gasteiger partial charge is 0.178 e. The van der Waals surface area contributed by atoms with Gasteiger partial charge in [0.1, 0.15) is 17.9 Å². The molecule has 0 amide bonds. The highest BCUT2D eigenvalue weighted by Gasteiger charge is 2.14. The van der Waals surface area contributed by atoms with Crippen molar-refractivity contribution in [2.45, 2.75) is 46.5 Å². The van der Waals surface area contributed by atoms with E-state index in [0.717, 1.165) is 0 Å². The molecule has 0 aliphatic carbocycles. The zero-order chi connectivity index (χ0) is 11.3. The second-order valence-corrected chi connectivity index (χ2v) is 10.1. The van der Waals surface area contributed by atoms with Crippen LogP contribution in [0.25, 0.3) is 0 Å². The Balaban J connectivity index is 4.64. The third-order valence-corrected chi connectivity index (χ3v) is 7.97. The number of nitrogens with zero attached hydrogens (tertiary/aromatic N) is 2. The van der Waals surface area contributed by atoms with Crippen LogP contribution >= 0.6 is 0 Å². The summed E-state index contributed by atoms with van der Waals surface area (Å²) in [7, 11) is -1.79. The van der Waals surface area contributed by atoms with Gasteiger partial charge in [-0.3, -0.25) is 4.79 Å². The lowest BCUT2D eigenvalue weighted by Gasteiger charge is -2.27. The summed E-state index contributed by atoms with van der Waals surface area (Å²) >= 11 is 0. The topological polar surface area (TPSA) is 32.7 Å². The number of hydrogen-bond acceptors (Lipinski definition) is 3. The Morgan fingerprint density at radius 2 is 1.64 bits per heavy atom. The molecule has 0 spiro atoms. The summed E-state index contributed by atoms with van der Waals surface area (Å²) in [5, 5.41) is 4.47. The van der Waals surface area contributed by atoms with Crippen LogP contribution in [0.15, 0.2) is 5.10 Å². The van der Waals surface area contributed by atoms with Crippen LogP contribution in [0.1, 0.15) is 20.3 Å². The summed E-state index contributed by atoms with van der Waals surface area (Å²) in [4.78, 5) is 11.4. The van der Waals surface area contributed by atoms with Gasteiger partial charge in [0.15, 0.2) is 5.78 Å². The lowest BCUT2D eigenvalue weighted by atomic mass is 10.2. The number of carbonyl (C=O) groups is 1. The molecule has 82 valence electrons. The Bertz CT molecular complexity index is 219. The van der Waals surface area contributed by atoms with Crippen molar-refractivity contribution in [1.29, 1.82) is 0 Å². The number of carbonyl (C=O) groups excluding carboxylic acids is 1. The summed E-state index contributed by atoms with van der Waals surface area (Å²) in [6, 6.07) is 0. The van der Waals surface area contributed by atoms with Crippen molar-refractivity contribution >= 4 is 29.4 Å². The van der Waals surface area contributed by atoms with Crippen LogP contribution < -0.4 is 0 Å². The molecule has 3 nitrogen and oxygen atoms in total. The molecule has 0 radical (unpaired) electrons. The number of hydrazone groups is 1. The zero-order valence-electron chi connectivity index (χ0n) is 10.2. The van der Waals surface area contributed by atoms with Gasteiger partial charge in [0.05, 0.1) is 5.71 Å². The summed E-state index contributed by atoms with van der Waals surface area (Å²) in [6.45, 7) is 12.7. The molecular formula is C9H22N2OSi2. The molecule has 0 aromatic heterocycles. The lowest BCUT2D eigenvalue weighted by Crippen LogP contribution is -2.40. The van der Waals surface area contributed by atoms with E-state index in [9.17, 15) is 4.79 Å². The molecule has 0 bridgehead atoms. The zero-order valence-corrected chi connectivity index (χ0v) is 12.5. The first kappa shape index (κ1) is 13.6. The molecule has 0 heterocycles. The fourth-order valence-electron chi connectivity index (χ4n) is 1.31. The second-order valence-electron chi connectivity index (χ2n) is 4.03. The fraction of sp³-hybridized carbons (Fsp3) is 0.778. The first-order valence-corrected chi connectivity index (χ1v) is 10.9. The van der Waals surface area contributed by atoms with E-state index in [1.807, 2.05) is 13.8 Å². The second kappa shape index (κ2) is 6.13. The van der Waals surface area contributed by atoms with E-state index in [1.165, 1.54) is 0 Å². The minimum Gasteiger partial charge on any atom is -0.355 e. The van der Waals surface area contributed by atoms with Gasteiger partial charge in [-0.2, -0.15) is 5.10 Å². The number of ketones is 1. The summed E-state index contributed by atoms with van der Waals surface area (Å²) in [6.07, 6.45) is 0.558. The Hall–Kier alpha value is -0.426. The van der Waals surface area contributed by atoms with Gasteiger partial charge in [-0.25, -0.2) is 0 Å². The Kier molecular flexibility index (Phi) is 5.94. The Morgan fingerprint density at radius 1 is 1.21 bits per heavy atom. The van der Waals surface area contributed by atoms with E-state index in [2.05, 4.69) is 35.6 Å². The molecule has 0 saturated carbocycles. The largest absolute Gasteiger partial charge is 0.355 e. The van der Waals surface area contributed by atoms with E-state index in [1.54, 1.807) is 0 Å². The standard InChI is InChI=1S/C9H22N2OSi2/c1-7-9(12)8(2)10-11(13(3)4)14(5)6/h13-14H,7H2,1-6H3. The Labute approximate surface area is 90.6 Å². The van der Waals surface area contributed by atoms with E-state index >= 15 is 0 Å². The highest BCUT2D eigenvalue weighted by atomic mass is 28.3. The summed E-state index contributed by atoms with van der Waals surface area (Å²) in [5.41, 5.74) is 0.676. The van der Waals surface area contributed by atoms with Crippen molar-refractivity contribution in [3.63, 3.8) is 0 Å². The van der Waals surface area contributed by atoms with Crippen molar-refractivity contribution in [2.75, 3.05) is 0 Å². The predicted octanol–water partition coefficient (Wildman–Crippen LogP) is 1.61. The molecule has 0 aromatic carbocycles. The maximum atomic E-state index is 11.4. The van der Waals surface area contributed by atoms with Crippen LogP contribution in [0.3, 0.4) is 0 Å². The molecule has 0 fully saturated rings. The van der Waals surface area contributed by atoms with Crippen LogP contribution in [-0.2, 0) is 4.79 Å². The number of hydrogen-bond donors (Lipinski definition) is 0. The number of rotatable bonds is 5. The van der Waals surface area contributed by atoms with E-state index < -0.39 is 17.9 Å². The lowest BCUT2D eigenvalue weighted by molar-refractivity contribution is -0.112. The fourth-order valence-corrected chi connectivity index (χ4v) is 6.89. The van der Waals surface area contributed by atoms with E-state index in [0.29, 0.717) is 12.1 Å². The van der Waals surface area contributed by atoms with Gasteiger partial charge in [-0.15, -0.1) is 0 Å². The first-order chi connectivity index (χ1) is 6.40. The maximum absolute atomic E-state index is 11.4. The molecule has 0 atom stereocenters. The van der Waals surface area contributed by atoms with Gasteiger partial charge in [0, 0.05) is 6.42 Å². The SMILES string of the molecule is CCC(=O)C(C)=NN([SiH](C)C)[SiH](C)C. The van der Waals surface area contributed by atoms with Gasteiger partial charge in [-0.05, 0) is 6.92 Å². The Morgan fingerprint density at radius 3 is 1.93 bits per heavy atom. The quantitative estimate of drug-likeness (QED) is 0.408. The van der Waals surface area contributed by atoms with Gasteiger partial charge in [-0.1, -0.05) is 33.1 Å². The monoisotopic (exact) mass is 230 g/mol. The summed E-state index contributed by atoms with van der Waals surface area (Å²) < 4.78 is 2.24. The van der Waals surface area contributed by atoms with Crippen molar-refractivity contribution in [3.8, 4) is 0 Å². The molecule has 14 heavy (non-hydrogen) atoms. The molecule has 0 N–H and O–H groups in total.